The lowest BCUT2D eigenvalue weighted by molar-refractivity contribution is -0.0858. The van der Waals surface area contributed by atoms with Crippen LogP contribution in [0.4, 0.5) is 0 Å². The van der Waals surface area contributed by atoms with Gasteiger partial charge in [-0.05, 0) is 12.0 Å². The molecule has 0 N–H and O–H groups in total. The molecule has 5 rings (SSSR count). The van der Waals surface area contributed by atoms with Crippen molar-refractivity contribution in [1.82, 2.24) is 29.0 Å². The van der Waals surface area contributed by atoms with Gasteiger partial charge < -0.3 is 4.74 Å². The van der Waals surface area contributed by atoms with E-state index < -0.39 is 16.7 Å². The van der Waals surface area contributed by atoms with Crippen molar-refractivity contribution in [2.45, 2.75) is 38.3 Å². The fraction of sp³-hybridized carbons (Fsp3) is 0.429. The van der Waals surface area contributed by atoms with Gasteiger partial charge in [0.25, 0.3) is 0 Å². The number of aryl methyl sites for hydroxylation is 1. The molecule has 0 radical (unpaired) electrons. The van der Waals surface area contributed by atoms with Gasteiger partial charge in [0, 0.05) is 38.4 Å². The summed E-state index contributed by atoms with van der Waals surface area (Å²) in [6.45, 7) is 3.23. The fourth-order valence-electron chi connectivity index (χ4n) is 4.39. The summed E-state index contributed by atoms with van der Waals surface area (Å²) in [6.07, 6.45) is 4.68. The summed E-state index contributed by atoms with van der Waals surface area (Å²) >= 11 is 0. The van der Waals surface area contributed by atoms with Crippen LogP contribution in [0.15, 0.2) is 52.3 Å². The van der Waals surface area contributed by atoms with Crippen molar-refractivity contribution >= 4 is 0 Å². The molecule has 0 amide bonds. The van der Waals surface area contributed by atoms with Crippen molar-refractivity contribution in [3.63, 3.8) is 0 Å². The molecular weight excluding hydrogens is 384 g/mol. The van der Waals surface area contributed by atoms with Crippen molar-refractivity contribution < 1.29 is 4.74 Å². The van der Waals surface area contributed by atoms with Crippen molar-refractivity contribution in [3.05, 3.63) is 80.4 Å². The van der Waals surface area contributed by atoms with Crippen LogP contribution in [0.2, 0.25) is 0 Å². The molecule has 4 heterocycles. The molecule has 1 atom stereocenters. The van der Waals surface area contributed by atoms with Crippen LogP contribution in [0.5, 0.6) is 0 Å². The Bertz CT molecular complexity index is 1180. The zero-order chi connectivity index (χ0) is 20.7. The molecule has 3 aromatic rings. The number of benzene rings is 1. The second kappa shape index (κ2) is 7.33. The molecular formula is C21H24N6O3. The quantitative estimate of drug-likeness (QED) is 0.580. The third-order valence-corrected chi connectivity index (χ3v) is 5.90. The van der Waals surface area contributed by atoms with Gasteiger partial charge in [0.2, 0.25) is 0 Å². The molecule has 1 fully saturated rings. The number of hydrogen-bond acceptors (Lipinski definition) is 6. The summed E-state index contributed by atoms with van der Waals surface area (Å²) in [5, 5.41) is 8.65. The first-order valence-corrected chi connectivity index (χ1v) is 10.1. The largest absolute Gasteiger partial charge is 0.364 e. The molecule has 0 bridgehead atoms. The molecule has 9 nitrogen and oxygen atoms in total. The highest BCUT2D eigenvalue weighted by atomic mass is 16.5. The lowest BCUT2D eigenvalue weighted by atomic mass is 10.0. The average Bonchev–Trinajstić information content (AvgIpc) is 3.33. The van der Waals surface area contributed by atoms with E-state index in [1.54, 1.807) is 4.68 Å². The molecule has 1 spiro atoms. The number of aromatic nitrogens is 5. The summed E-state index contributed by atoms with van der Waals surface area (Å²) in [7, 11) is 1.90. The van der Waals surface area contributed by atoms with E-state index in [0.29, 0.717) is 18.9 Å². The van der Waals surface area contributed by atoms with Crippen LogP contribution in [-0.4, -0.2) is 47.7 Å². The monoisotopic (exact) mass is 408 g/mol. The Labute approximate surface area is 173 Å². The van der Waals surface area contributed by atoms with E-state index in [2.05, 4.69) is 15.1 Å². The van der Waals surface area contributed by atoms with Crippen molar-refractivity contribution in [1.29, 1.82) is 0 Å². The molecule has 0 saturated carbocycles. The van der Waals surface area contributed by atoms with Gasteiger partial charge in [-0.2, -0.15) is 10.2 Å². The Morgan fingerprint density at radius 1 is 1.07 bits per heavy atom. The van der Waals surface area contributed by atoms with E-state index >= 15 is 0 Å². The van der Waals surface area contributed by atoms with E-state index in [0.717, 1.165) is 30.6 Å². The summed E-state index contributed by atoms with van der Waals surface area (Å²) < 4.78 is 10.8. The Kier molecular flexibility index (Phi) is 4.63. The average molecular weight is 408 g/mol. The third-order valence-electron chi connectivity index (χ3n) is 5.90. The molecule has 2 aromatic heterocycles. The number of nitrogens with zero attached hydrogens (tertiary/aromatic N) is 6. The number of ether oxygens (including phenoxy) is 1. The third kappa shape index (κ3) is 3.50. The van der Waals surface area contributed by atoms with Gasteiger partial charge >= 0.3 is 11.1 Å². The second-order valence-corrected chi connectivity index (χ2v) is 8.21. The SMILES string of the molecule is Cn1cc(CN2CC[C@@]3(C2)Cn2c(nn(Cc4ccccc4)c(=O)c2=O)CO3)cn1. The van der Waals surface area contributed by atoms with Crippen LogP contribution in [-0.2, 0) is 38.0 Å². The maximum atomic E-state index is 12.8. The van der Waals surface area contributed by atoms with Crippen LogP contribution < -0.4 is 11.1 Å². The Hall–Kier alpha value is -3.04. The lowest BCUT2D eigenvalue weighted by Crippen LogP contribution is -2.53. The minimum atomic E-state index is -0.593. The normalized spacial score (nSPS) is 21.2. The van der Waals surface area contributed by atoms with Gasteiger partial charge in [-0.3, -0.25) is 23.7 Å². The van der Waals surface area contributed by atoms with Gasteiger partial charge in [0.15, 0.2) is 5.82 Å². The highest BCUT2D eigenvalue weighted by Gasteiger charge is 2.43. The molecule has 1 aromatic carbocycles. The number of fused-ring (bicyclic) bond motifs is 1. The topological polar surface area (TPSA) is 87.2 Å². The molecule has 2 aliphatic rings. The molecule has 0 unspecified atom stereocenters. The lowest BCUT2D eigenvalue weighted by Gasteiger charge is -2.35. The molecule has 9 heteroatoms. The summed E-state index contributed by atoms with van der Waals surface area (Å²) in [4.78, 5) is 27.8. The Morgan fingerprint density at radius 2 is 1.90 bits per heavy atom. The summed E-state index contributed by atoms with van der Waals surface area (Å²) in [5.74, 6) is 0.506. The maximum absolute atomic E-state index is 12.8. The standard InChI is InChI=1S/C21H24N6O3/c1-24-10-17(9-22-24)11-25-8-7-21(14-25)15-26-18(13-30-21)23-27(20(29)19(26)28)12-16-5-3-2-4-6-16/h2-6,9-10H,7-8,11-15H2,1H3/t21-/m1/s1. The van der Waals surface area contributed by atoms with Gasteiger partial charge in [0.05, 0.1) is 19.3 Å². The van der Waals surface area contributed by atoms with Crippen LogP contribution >= 0.6 is 0 Å². The predicted octanol–water partition coefficient (Wildman–Crippen LogP) is 0.362. The highest BCUT2D eigenvalue weighted by Crippen LogP contribution is 2.31. The van der Waals surface area contributed by atoms with Crippen LogP contribution in [0, 0.1) is 0 Å². The van der Waals surface area contributed by atoms with Crippen LogP contribution in [0.3, 0.4) is 0 Å². The second-order valence-electron chi connectivity index (χ2n) is 8.21. The maximum Gasteiger partial charge on any atom is 0.332 e. The van der Waals surface area contributed by atoms with Gasteiger partial charge in [-0.1, -0.05) is 30.3 Å². The Morgan fingerprint density at radius 3 is 2.67 bits per heavy atom. The Balaban J connectivity index is 1.36. The van der Waals surface area contributed by atoms with E-state index in [-0.39, 0.29) is 13.2 Å². The van der Waals surface area contributed by atoms with Gasteiger partial charge in [-0.15, -0.1) is 0 Å². The van der Waals surface area contributed by atoms with Crippen LogP contribution in [0.1, 0.15) is 23.4 Å². The van der Waals surface area contributed by atoms with Crippen molar-refractivity contribution in [3.8, 4) is 0 Å². The zero-order valence-electron chi connectivity index (χ0n) is 16.9. The molecule has 156 valence electrons. The molecule has 2 aliphatic heterocycles. The first-order chi connectivity index (χ1) is 14.5. The summed E-state index contributed by atoms with van der Waals surface area (Å²) in [6, 6.07) is 9.53. The smallest absolute Gasteiger partial charge is 0.332 e. The minimum absolute atomic E-state index is 0.227. The zero-order valence-corrected chi connectivity index (χ0v) is 16.9. The highest BCUT2D eigenvalue weighted by molar-refractivity contribution is 5.15. The molecule has 30 heavy (non-hydrogen) atoms. The number of hydrogen-bond donors (Lipinski definition) is 0. The van der Waals surface area contributed by atoms with Crippen LogP contribution in [0.25, 0.3) is 0 Å². The van der Waals surface area contributed by atoms with Gasteiger partial charge in [0.1, 0.15) is 12.2 Å². The molecule has 1 saturated heterocycles. The fourth-order valence-corrected chi connectivity index (χ4v) is 4.39. The summed E-state index contributed by atoms with van der Waals surface area (Å²) in [5.41, 5.74) is 0.493. The van der Waals surface area contributed by atoms with E-state index in [1.165, 1.54) is 9.25 Å². The number of likely N-dealkylation sites (tertiary alicyclic amines) is 1. The molecule has 0 aliphatic carbocycles. The first kappa shape index (κ1) is 19.0. The minimum Gasteiger partial charge on any atom is -0.364 e. The van der Waals surface area contributed by atoms with E-state index in [9.17, 15) is 9.59 Å². The first-order valence-electron chi connectivity index (χ1n) is 10.1. The van der Waals surface area contributed by atoms with Crippen molar-refractivity contribution in [2.24, 2.45) is 7.05 Å². The van der Waals surface area contributed by atoms with E-state index in [1.807, 2.05) is 49.8 Å². The van der Waals surface area contributed by atoms with Gasteiger partial charge in [-0.25, -0.2) is 4.68 Å². The van der Waals surface area contributed by atoms with Crippen molar-refractivity contribution in [2.75, 3.05) is 13.1 Å². The van der Waals surface area contributed by atoms with E-state index in [4.69, 9.17) is 4.74 Å². The number of rotatable bonds is 4. The predicted molar refractivity (Wildman–Crippen MR) is 109 cm³/mol.